The van der Waals surface area contributed by atoms with Gasteiger partial charge in [0.2, 0.25) is 0 Å². The second-order valence-electron chi connectivity index (χ2n) is 7.22. The van der Waals surface area contributed by atoms with E-state index in [2.05, 4.69) is 5.32 Å². The Morgan fingerprint density at radius 2 is 1.00 bits per heavy atom. The number of fused-ring (bicyclic) bond motifs is 2. The Morgan fingerprint density at radius 3 is 1.33 bits per heavy atom. The molecule has 4 aromatic carbocycles. The van der Waals surface area contributed by atoms with Crippen LogP contribution in [0.1, 0.15) is 0 Å². The maximum atomic E-state index is 11.6. The summed E-state index contributed by atoms with van der Waals surface area (Å²) in [5.41, 5.74) is 11.2. The zero-order valence-corrected chi connectivity index (χ0v) is 18.1. The van der Waals surface area contributed by atoms with E-state index in [0.717, 1.165) is 12.1 Å². The summed E-state index contributed by atoms with van der Waals surface area (Å²) in [6, 6.07) is 11.3. The van der Waals surface area contributed by atoms with Crippen LogP contribution in [0.15, 0.2) is 58.3 Å². The van der Waals surface area contributed by atoms with Crippen LogP contribution in [0.4, 0.5) is 22.7 Å². The first-order valence-corrected chi connectivity index (χ1v) is 12.0. The van der Waals surface area contributed by atoms with E-state index >= 15 is 0 Å². The van der Waals surface area contributed by atoms with E-state index in [1.54, 1.807) is 12.1 Å². The maximum Gasteiger partial charge on any atom is 0.296 e. The minimum absolute atomic E-state index is 0.252. The number of hydrogen-bond donors (Lipinski definition) is 7. The number of anilines is 4. The van der Waals surface area contributed by atoms with Crippen LogP contribution < -0.4 is 16.8 Å². The van der Waals surface area contributed by atoms with Crippen LogP contribution in [-0.2, 0) is 20.2 Å². The molecule has 0 spiro atoms. The number of rotatable bonds is 4. The van der Waals surface area contributed by atoms with Gasteiger partial charge in [-0.25, -0.2) is 0 Å². The van der Waals surface area contributed by atoms with Gasteiger partial charge in [0.25, 0.3) is 20.2 Å². The highest BCUT2D eigenvalue weighted by Crippen LogP contribution is 2.39. The van der Waals surface area contributed by atoms with E-state index in [0.29, 0.717) is 11.4 Å². The van der Waals surface area contributed by atoms with Gasteiger partial charge in [0.05, 0.1) is 11.4 Å². The van der Waals surface area contributed by atoms with Crippen molar-refractivity contribution in [3.8, 4) is 11.5 Å². The van der Waals surface area contributed by atoms with Crippen molar-refractivity contribution < 1.29 is 36.2 Å². The predicted octanol–water partition coefficient (Wildman–Crippen LogP) is 2.81. The Hall–Kier alpha value is -3.78. The normalized spacial score (nSPS) is 12.3. The number of phenolic OH excluding ortho intramolecular Hbond substituents is 2. The first-order chi connectivity index (χ1) is 15.3. The third-order valence-electron chi connectivity index (χ3n) is 5.07. The Balaban J connectivity index is 1.81. The molecule has 0 bridgehead atoms. The molecule has 9 N–H and O–H groups in total. The smallest absolute Gasteiger partial charge is 0.296 e. The van der Waals surface area contributed by atoms with Crippen molar-refractivity contribution in [1.82, 2.24) is 0 Å². The maximum absolute atomic E-state index is 11.6. The molecule has 0 aromatic heterocycles. The van der Waals surface area contributed by atoms with Crippen LogP contribution in [0.5, 0.6) is 11.5 Å². The minimum Gasteiger partial charge on any atom is -0.505 e. The lowest BCUT2D eigenvalue weighted by atomic mass is 10.1. The second kappa shape index (κ2) is 7.38. The average molecular weight is 492 g/mol. The molecule has 0 fully saturated rings. The third-order valence-corrected chi connectivity index (χ3v) is 6.86. The van der Waals surface area contributed by atoms with Crippen molar-refractivity contribution in [3.63, 3.8) is 0 Å². The highest BCUT2D eigenvalue weighted by atomic mass is 32.2. The SMILES string of the molecule is Nc1c(S(=O)(=O)O)cc2cc(Nc3ccc4c(O)c(N)c(S(=O)(=O)O)cc4c3)ccc2c1O. The topological polar surface area (TPSA) is 213 Å². The average Bonchev–Trinajstić information content (AvgIpc) is 2.71. The Kier molecular flexibility index (Phi) is 5.01. The van der Waals surface area contributed by atoms with Crippen LogP contribution in [0, 0.1) is 0 Å². The zero-order chi connectivity index (χ0) is 24.3. The number of phenols is 2. The standard InChI is InChI=1S/C20H17N3O8S2/c21-17-15(32(26,27)28)7-9-5-11(1-3-13(9)19(17)24)23-12-2-4-14-10(6-12)8-16(33(29,30)31)18(22)20(14)25/h1-8,23-25H,21-22H2,(H,26,27,28)(H,29,30,31). The van der Waals surface area contributed by atoms with Gasteiger partial charge < -0.3 is 27.0 Å². The van der Waals surface area contributed by atoms with Crippen LogP contribution in [0.3, 0.4) is 0 Å². The lowest BCUT2D eigenvalue weighted by Gasteiger charge is -2.13. The van der Waals surface area contributed by atoms with Crippen molar-refractivity contribution in [2.45, 2.75) is 9.79 Å². The Bertz CT molecular complexity index is 1560. The molecule has 4 rings (SSSR count). The molecular formula is C20H17N3O8S2. The van der Waals surface area contributed by atoms with E-state index < -0.39 is 52.9 Å². The highest BCUT2D eigenvalue weighted by molar-refractivity contribution is 7.86. The lowest BCUT2D eigenvalue weighted by molar-refractivity contribution is 0.473. The third kappa shape index (κ3) is 3.93. The minimum atomic E-state index is -4.68. The monoisotopic (exact) mass is 491 g/mol. The summed E-state index contributed by atoms with van der Waals surface area (Å²) in [5.74, 6) is -0.994. The van der Waals surface area contributed by atoms with Gasteiger partial charge in [-0.05, 0) is 59.3 Å². The number of aromatic hydroxyl groups is 2. The number of nitrogen functional groups attached to an aromatic ring is 2. The number of hydrogen-bond acceptors (Lipinski definition) is 9. The summed E-state index contributed by atoms with van der Waals surface area (Å²) >= 11 is 0. The molecule has 0 saturated carbocycles. The van der Waals surface area contributed by atoms with Gasteiger partial charge in [0.15, 0.2) is 0 Å². The summed E-state index contributed by atoms with van der Waals surface area (Å²) in [6.45, 7) is 0. The van der Waals surface area contributed by atoms with Crippen LogP contribution in [0.25, 0.3) is 21.5 Å². The van der Waals surface area contributed by atoms with Gasteiger partial charge in [-0.2, -0.15) is 16.8 Å². The molecule has 11 nitrogen and oxygen atoms in total. The largest absolute Gasteiger partial charge is 0.505 e. The molecule has 172 valence electrons. The van der Waals surface area contributed by atoms with E-state index in [1.165, 1.54) is 24.3 Å². The van der Waals surface area contributed by atoms with Crippen LogP contribution >= 0.6 is 0 Å². The van der Waals surface area contributed by atoms with Crippen molar-refractivity contribution in [2.24, 2.45) is 0 Å². The fourth-order valence-corrected chi connectivity index (χ4v) is 4.81. The zero-order valence-electron chi connectivity index (χ0n) is 16.5. The molecule has 4 aromatic rings. The van der Waals surface area contributed by atoms with E-state index in [9.17, 15) is 36.2 Å². The molecule has 0 saturated heterocycles. The number of nitrogens with two attached hydrogens (primary N) is 2. The molecule has 13 heteroatoms. The Labute approximate surface area is 187 Å². The van der Waals surface area contributed by atoms with Gasteiger partial charge in [0, 0.05) is 22.1 Å². The molecule has 0 aliphatic carbocycles. The quantitative estimate of drug-likeness (QED) is 0.125. The number of nitrogens with one attached hydrogen (secondary N) is 1. The van der Waals surface area contributed by atoms with Crippen molar-refractivity contribution in [1.29, 1.82) is 0 Å². The molecule has 0 aliphatic rings. The Morgan fingerprint density at radius 1 is 0.636 bits per heavy atom. The molecule has 0 aliphatic heterocycles. The summed E-state index contributed by atoms with van der Waals surface area (Å²) in [7, 11) is -9.35. The van der Waals surface area contributed by atoms with Crippen LogP contribution in [0.2, 0.25) is 0 Å². The molecule has 0 unspecified atom stereocenters. The summed E-state index contributed by atoms with van der Waals surface area (Å²) < 4.78 is 64.9. The first kappa shape index (κ1) is 22.4. The first-order valence-electron chi connectivity index (χ1n) is 9.10. The molecule has 0 amide bonds. The summed E-state index contributed by atoms with van der Waals surface area (Å²) in [4.78, 5) is -1.28. The van der Waals surface area contributed by atoms with Gasteiger partial charge in [-0.15, -0.1) is 0 Å². The molecule has 0 radical (unpaired) electrons. The molecule has 0 atom stereocenters. The van der Waals surface area contributed by atoms with Crippen molar-refractivity contribution >= 4 is 64.5 Å². The van der Waals surface area contributed by atoms with Gasteiger partial charge in [-0.3, -0.25) is 9.11 Å². The van der Waals surface area contributed by atoms with Gasteiger partial charge >= 0.3 is 0 Å². The summed E-state index contributed by atoms with van der Waals surface area (Å²) in [6.07, 6.45) is 0. The van der Waals surface area contributed by atoms with Gasteiger partial charge in [-0.1, -0.05) is 0 Å². The van der Waals surface area contributed by atoms with Gasteiger partial charge in [0.1, 0.15) is 21.3 Å². The lowest BCUT2D eigenvalue weighted by Crippen LogP contribution is -2.04. The number of benzene rings is 4. The van der Waals surface area contributed by atoms with Crippen molar-refractivity contribution in [3.05, 3.63) is 48.5 Å². The molecule has 0 heterocycles. The van der Waals surface area contributed by atoms with E-state index in [-0.39, 0.29) is 21.5 Å². The second-order valence-corrected chi connectivity index (χ2v) is 10.0. The van der Waals surface area contributed by atoms with Crippen molar-refractivity contribution in [2.75, 3.05) is 16.8 Å². The molecular weight excluding hydrogens is 474 g/mol. The fraction of sp³-hybridized carbons (Fsp3) is 0. The predicted molar refractivity (Wildman–Crippen MR) is 123 cm³/mol. The van der Waals surface area contributed by atoms with E-state index in [1.807, 2.05) is 0 Å². The fourth-order valence-electron chi connectivity index (χ4n) is 3.51. The highest BCUT2D eigenvalue weighted by Gasteiger charge is 2.21. The van der Waals surface area contributed by atoms with Crippen LogP contribution in [-0.4, -0.2) is 36.2 Å². The summed E-state index contributed by atoms with van der Waals surface area (Å²) in [5, 5.41) is 24.5. The molecule has 33 heavy (non-hydrogen) atoms. The van der Waals surface area contributed by atoms with E-state index in [4.69, 9.17) is 11.5 Å².